The molecule has 0 aliphatic carbocycles. The normalized spacial score (nSPS) is 11.8. The zero-order valence-corrected chi connectivity index (χ0v) is 24.8. The van der Waals surface area contributed by atoms with E-state index in [9.17, 15) is 9.59 Å². The van der Waals surface area contributed by atoms with Gasteiger partial charge in [-0.1, -0.05) is 68.7 Å². The van der Waals surface area contributed by atoms with E-state index in [2.05, 4.69) is 61.1 Å². The Morgan fingerprint density at radius 3 is 2.31 bits per heavy atom. The fourth-order valence-electron chi connectivity index (χ4n) is 4.41. The van der Waals surface area contributed by atoms with Gasteiger partial charge in [0.1, 0.15) is 5.75 Å². The molecule has 0 radical (unpaired) electrons. The molecule has 0 heterocycles. The molecule has 0 bridgehead atoms. The average Bonchev–Trinajstić information content (AvgIpc) is 2.87. The molecule has 0 fully saturated rings. The highest BCUT2D eigenvalue weighted by Gasteiger charge is 2.27. The minimum absolute atomic E-state index is 0.0325. The number of methoxy groups -OCH3 is 1. The molecule has 0 aromatic heterocycles. The van der Waals surface area contributed by atoms with Crippen molar-refractivity contribution in [2.75, 3.05) is 13.7 Å². The van der Waals surface area contributed by atoms with Gasteiger partial charge >= 0.3 is 5.97 Å². The van der Waals surface area contributed by atoms with E-state index in [1.54, 1.807) is 36.4 Å². The summed E-state index contributed by atoms with van der Waals surface area (Å²) in [5, 5.41) is 3.98. The Kier molecular flexibility index (Phi) is 9.92. The van der Waals surface area contributed by atoms with E-state index in [4.69, 9.17) is 14.2 Å². The minimum Gasteiger partial charge on any atom is -0.493 e. The predicted molar refractivity (Wildman–Crippen MR) is 157 cm³/mol. The predicted octanol–water partition coefficient (Wildman–Crippen LogP) is 6.92. The van der Waals surface area contributed by atoms with Crippen LogP contribution in [0.15, 0.2) is 76.3 Å². The molecule has 1 N–H and O–H groups in total. The summed E-state index contributed by atoms with van der Waals surface area (Å²) in [4.78, 5) is 24.7. The summed E-state index contributed by atoms with van der Waals surface area (Å²) < 4.78 is 17.2. The van der Waals surface area contributed by atoms with Crippen molar-refractivity contribution in [3.8, 4) is 17.2 Å². The topological polar surface area (TPSA) is 86.2 Å². The maximum absolute atomic E-state index is 12.5. The monoisotopic (exact) mass is 594 g/mol. The highest BCUT2D eigenvalue weighted by molar-refractivity contribution is 9.10. The third-order valence-electron chi connectivity index (χ3n) is 5.83. The lowest BCUT2D eigenvalue weighted by molar-refractivity contribution is -0.123. The first-order valence-corrected chi connectivity index (χ1v) is 13.4. The Balaban J connectivity index is 1.52. The molecule has 3 aromatic rings. The number of benzene rings is 3. The van der Waals surface area contributed by atoms with E-state index in [-0.39, 0.29) is 23.2 Å². The number of amides is 1. The number of hydrazone groups is 1. The second-order valence-electron chi connectivity index (χ2n) is 11.0. The van der Waals surface area contributed by atoms with Crippen molar-refractivity contribution >= 4 is 34.0 Å². The number of hydrogen-bond acceptors (Lipinski definition) is 6. The highest BCUT2D eigenvalue weighted by Crippen LogP contribution is 2.36. The van der Waals surface area contributed by atoms with Crippen molar-refractivity contribution in [3.05, 3.63) is 87.9 Å². The van der Waals surface area contributed by atoms with Crippen LogP contribution in [0.1, 0.15) is 62.5 Å². The molecule has 3 rings (SSSR count). The van der Waals surface area contributed by atoms with E-state index in [1.165, 1.54) is 18.9 Å². The lowest BCUT2D eigenvalue weighted by atomic mass is 9.72. The van der Waals surface area contributed by atoms with Crippen LogP contribution in [0.2, 0.25) is 0 Å². The fourth-order valence-corrected chi connectivity index (χ4v) is 4.81. The number of carbonyl (C=O) groups excluding carboxylic acids is 2. The minimum atomic E-state index is -0.508. The van der Waals surface area contributed by atoms with Crippen LogP contribution < -0.4 is 19.6 Å². The maximum atomic E-state index is 12.5. The molecule has 0 spiro atoms. The molecule has 1 amide bonds. The Morgan fingerprint density at radius 1 is 0.949 bits per heavy atom. The third kappa shape index (κ3) is 9.25. The van der Waals surface area contributed by atoms with Gasteiger partial charge in [-0.25, -0.2) is 10.2 Å². The average molecular weight is 596 g/mol. The fraction of sp³-hybridized carbons (Fsp3) is 0.323. The van der Waals surface area contributed by atoms with Gasteiger partial charge in [0.25, 0.3) is 5.91 Å². The quantitative estimate of drug-likeness (QED) is 0.119. The van der Waals surface area contributed by atoms with Crippen LogP contribution in [0.5, 0.6) is 17.2 Å². The van der Waals surface area contributed by atoms with Gasteiger partial charge in [-0.05, 0) is 76.9 Å². The van der Waals surface area contributed by atoms with Gasteiger partial charge in [0.2, 0.25) is 0 Å². The van der Waals surface area contributed by atoms with Crippen LogP contribution in [0.25, 0.3) is 0 Å². The summed E-state index contributed by atoms with van der Waals surface area (Å²) in [6, 6.07) is 19.7. The Bertz CT molecular complexity index is 1330. The molecule has 8 heteroatoms. The first-order chi connectivity index (χ1) is 18.4. The molecule has 39 heavy (non-hydrogen) atoms. The van der Waals surface area contributed by atoms with E-state index >= 15 is 0 Å². The van der Waals surface area contributed by atoms with Crippen molar-refractivity contribution in [1.29, 1.82) is 0 Å². The molecular formula is C31H35BrN2O5. The van der Waals surface area contributed by atoms with Gasteiger partial charge in [-0.2, -0.15) is 5.10 Å². The number of esters is 1. The Labute approximate surface area is 238 Å². The lowest BCUT2D eigenvalue weighted by Gasteiger charge is -2.33. The number of halogens is 1. The summed E-state index contributed by atoms with van der Waals surface area (Å²) in [5.41, 5.74) is 4.97. The number of nitrogens with zero attached hydrogens (tertiary/aromatic N) is 1. The maximum Gasteiger partial charge on any atom is 0.343 e. The number of nitrogens with one attached hydrogen (secondary N) is 1. The number of carbonyl (C=O) groups is 2. The summed E-state index contributed by atoms with van der Waals surface area (Å²) >= 11 is 3.34. The van der Waals surface area contributed by atoms with Crippen LogP contribution in [0, 0.1) is 5.41 Å². The van der Waals surface area contributed by atoms with Gasteiger partial charge in [-0.15, -0.1) is 0 Å². The standard InChI is InChI=1S/C31H35BrN2O5/c1-30(2,3)20-31(4,5)23-11-13-25(14-12-23)38-19-28(35)34-33-18-21-10-15-26(27(16-21)37-6)39-29(36)22-8-7-9-24(32)17-22/h7-18H,19-20H2,1-6H3,(H,34,35). The smallest absolute Gasteiger partial charge is 0.343 e. The number of ether oxygens (including phenoxy) is 3. The molecule has 7 nitrogen and oxygen atoms in total. The second kappa shape index (κ2) is 12.9. The zero-order chi connectivity index (χ0) is 28.6. The summed E-state index contributed by atoms with van der Waals surface area (Å²) in [7, 11) is 1.48. The van der Waals surface area contributed by atoms with E-state index in [0.29, 0.717) is 22.6 Å². The van der Waals surface area contributed by atoms with Crippen LogP contribution >= 0.6 is 15.9 Å². The van der Waals surface area contributed by atoms with Crippen molar-refractivity contribution in [2.24, 2.45) is 10.5 Å². The van der Waals surface area contributed by atoms with Crippen molar-refractivity contribution in [2.45, 2.75) is 46.5 Å². The van der Waals surface area contributed by atoms with Gasteiger partial charge in [0, 0.05) is 4.47 Å². The van der Waals surface area contributed by atoms with Gasteiger partial charge in [-0.3, -0.25) is 4.79 Å². The Hall–Kier alpha value is -3.65. The molecule has 3 aromatic carbocycles. The zero-order valence-electron chi connectivity index (χ0n) is 23.2. The SMILES string of the molecule is COc1cc(C=NNC(=O)COc2ccc(C(C)(C)CC(C)(C)C)cc2)ccc1OC(=O)c1cccc(Br)c1. The highest BCUT2D eigenvalue weighted by atomic mass is 79.9. The van der Waals surface area contributed by atoms with E-state index in [0.717, 1.165) is 10.9 Å². The first kappa shape index (κ1) is 29.9. The number of hydrogen-bond donors (Lipinski definition) is 1. The second-order valence-corrected chi connectivity index (χ2v) is 12.0. The largest absolute Gasteiger partial charge is 0.493 e. The molecule has 0 atom stereocenters. The van der Waals surface area contributed by atoms with Crippen LogP contribution in [0.4, 0.5) is 0 Å². The molecule has 0 saturated heterocycles. The van der Waals surface area contributed by atoms with Gasteiger partial charge in [0.15, 0.2) is 18.1 Å². The summed E-state index contributed by atoms with van der Waals surface area (Å²) in [6.45, 7) is 11.0. The summed E-state index contributed by atoms with van der Waals surface area (Å²) in [5.74, 6) is 0.333. The molecule has 0 saturated carbocycles. The molecule has 0 unspecified atom stereocenters. The third-order valence-corrected chi connectivity index (χ3v) is 6.32. The summed E-state index contributed by atoms with van der Waals surface area (Å²) in [6.07, 6.45) is 2.51. The lowest BCUT2D eigenvalue weighted by Crippen LogP contribution is -2.25. The van der Waals surface area contributed by atoms with E-state index in [1.807, 2.05) is 30.3 Å². The molecule has 206 valence electrons. The van der Waals surface area contributed by atoms with Crippen LogP contribution in [-0.2, 0) is 10.2 Å². The first-order valence-electron chi connectivity index (χ1n) is 12.6. The van der Waals surface area contributed by atoms with Crippen molar-refractivity contribution < 1.29 is 23.8 Å². The van der Waals surface area contributed by atoms with Crippen LogP contribution in [-0.4, -0.2) is 31.8 Å². The molecule has 0 aliphatic heterocycles. The van der Waals surface area contributed by atoms with E-state index < -0.39 is 11.9 Å². The van der Waals surface area contributed by atoms with Gasteiger partial charge in [0.05, 0.1) is 18.9 Å². The molecular weight excluding hydrogens is 560 g/mol. The van der Waals surface area contributed by atoms with Crippen LogP contribution in [0.3, 0.4) is 0 Å². The Morgan fingerprint density at radius 2 is 1.67 bits per heavy atom. The van der Waals surface area contributed by atoms with Gasteiger partial charge < -0.3 is 14.2 Å². The van der Waals surface area contributed by atoms with Crippen molar-refractivity contribution in [3.63, 3.8) is 0 Å². The number of rotatable bonds is 10. The molecule has 0 aliphatic rings. The van der Waals surface area contributed by atoms with Crippen molar-refractivity contribution in [1.82, 2.24) is 5.43 Å².